The molecule has 1 aromatic carbocycles. The minimum Gasteiger partial charge on any atom is -0.381 e. The van der Waals surface area contributed by atoms with E-state index in [1.807, 2.05) is 6.07 Å². The molecule has 2 aromatic rings. The Morgan fingerprint density at radius 3 is 2.58 bits per heavy atom. The van der Waals surface area contributed by atoms with Crippen LogP contribution in [0.2, 0.25) is 0 Å². The number of hydrogen-bond acceptors (Lipinski definition) is 3. The number of aliphatic hydroxyl groups is 1. The molecule has 19 heavy (non-hydrogen) atoms. The van der Waals surface area contributed by atoms with Crippen molar-refractivity contribution >= 4 is 16.9 Å². The van der Waals surface area contributed by atoms with Gasteiger partial charge in [0.05, 0.1) is 11.0 Å². The summed E-state index contributed by atoms with van der Waals surface area (Å²) in [4.78, 5) is 29.8. The molecule has 0 radical (unpaired) electrons. The normalized spacial score (nSPS) is 11.8. The zero-order valence-corrected chi connectivity index (χ0v) is 11.2. The maximum Gasteiger partial charge on any atom is 0.323 e. The summed E-state index contributed by atoms with van der Waals surface area (Å²) in [6, 6.07) is 5.42. The van der Waals surface area contributed by atoms with E-state index in [4.69, 9.17) is 0 Å². The van der Waals surface area contributed by atoms with E-state index in [1.54, 1.807) is 19.2 Å². The number of hydrogen-bond donors (Lipinski definition) is 3. The standard InChI is InChI=1S/C13H17N3O3/c1-13(2,19)11(17)16(3)7-8-4-5-9-10(6-8)15-12(18)14-9/h4-6,19H,7H2,1-3H3,(H2,14,15,18). The van der Waals surface area contributed by atoms with E-state index in [0.717, 1.165) is 11.1 Å². The number of nitrogens with zero attached hydrogens (tertiary/aromatic N) is 1. The predicted molar refractivity (Wildman–Crippen MR) is 71.7 cm³/mol. The maximum absolute atomic E-state index is 11.8. The number of imidazole rings is 1. The van der Waals surface area contributed by atoms with Crippen LogP contribution in [0.5, 0.6) is 0 Å². The highest BCUT2D eigenvalue weighted by Crippen LogP contribution is 2.14. The average molecular weight is 263 g/mol. The molecule has 2 rings (SSSR count). The number of carbonyl (C=O) groups excluding carboxylic acids is 1. The molecule has 0 aliphatic rings. The number of rotatable bonds is 3. The molecule has 6 heteroatoms. The smallest absolute Gasteiger partial charge is 0.323 e. The molecular weight excluding hydrogens is 246 g/mol. The van der Waals surface area contributed by atoms with Crippen LogP contribution in [0.3, 0.4) is 0 Å². The third-order valence-corrected chi connectivity index (χ3v) is 2.87. The van der Waals surface area contributed by atoms with Gasteiger partial charge >= 0.3 is 5.69 Å². The van der Waals surface area contributed by atoms with Crippen molar-refractivity contribution in [2.45, 2.75) is 26.0 Å². The molecule has 0 fully saturated rings. The van der Waals surface area contributed by atoms with Gasteiger partial charge in [-0.3, -0.25) is 4.79 Å². The number of H-pyrrole nitrogens is 2. The predicted octanol–water partition coefficient (Wildman–Crippen LogP) is 0.585. The molecule has 0 spiro atoms. The summed E-state index contributed by atoms with van der Waals surface area (Å²) in [6.07, 6.45) is 0. The number of nitrogens with one attached hydrogen (secondary N) is 2. The van der Waals surface area contributed by atoms with Gasteiger partial charge in [0.25, 0.3) is 5.91 Å². The number of amides is 1. The second-order valence-electron chi connectivity index (χ2n) is 5.18. The Morgan fingerprint density at radius 2 is 1.95 bits per heavy atom. The molecule has 1 amide bonds. The molecule has 0 saturated heterocycles. The van der Waals surface area contributed by atoms with Crippen molar-refractivity contribution in [1.29, 1.82) is 0 Å². The summed E-state index contributed by atoms with van der Waals surface area (Å²) in [5.74, 6) is -0.352. The topological polar surface area (TPSA) is 89.2 Å². The Morgan fingerprint density at radius 1 is 1.32 bits per heavy atom. The van der Waals surface area contributed by atoms with Crippen molar-refractivity contribution in [3.05, 3.63) is 34.2 Å². The molecule has 1 heterocycles. The number of fused-ring (bicyclic) bond motifs is 1. The molecule has 102 valence electrons. The number of likely N-dealkylation sites (N-methyl/N-ethyl adjacent to an activating group) is 1. The van der Waals surface area contributed by atoms with Crippen LogP contribution in [0.4, 0.5) is 0 Å². The largest absolute Gasteiger partial charge is 0.381 e. The average Bonchev–Trinajstić information content (AvgIpc) is 2.66. The summed E-state index contributed by atoms with van der Waals surface area (Å²) >= 11 is 0. The van der Waals surface area contributed by atoms with E-state index in [-0.39, 0.29) is 11.6 Å². The zero-order valence-electron chi connectivity index (χ0n) is 11.2. The van der Waals surface area contributed by atoms with Gasteiger partial charge in [-0.25, -0.2) is 4.79 Å². The lowest BCUT2D eigenvalue weighted by molar-refractivity contribution is -0.146. The van der Waals surface area contributed by atoms with E-state index < -0.39 is 5.60 Å². The number of aromatic amines is 2. The molecule has 0 bridgehead atoms. The summed E-state index contributed by atoms with van der Waals surface area (Å²) in [5.41, 5.74) is 0.661. The van der Waals surface area contributed by atoms with Crippen LogP contribution in [0, 0.1) is 0 Å². The highest BCUT2D eigenvalue weighted by atomic mass is 16.3. The third-order valence-electron chi connectivity index (χ3n) is 2.87. The molecule has 1 aromatic heterocycles. The Labute approximate surface area is 110 Å². The minimum absolute atomic E-state index is 0.256. The van der Waals surface area contributed by atoms with E-state index >= 15 is 0 Å². The van der Waals surface area contributed by atoms with Crippen LogP contribution in [0.1, 0.15) is 19.4 Å². The SMILES string of the molecule is CN(Cc1ccc2[nH]c(=O)[nH]c2c1)C(=O)C(C)(C)O. The minimum atomic E-state index is -1.39. The zero-order chi connectivity index (χ0) is 14.2. The Balaban J connectivity index is 2.21. The first-order chi connectivity index (χ1) is 8.77. The van der Waals surface area contributed by atoms with Gasteiger partial charge in [-0.05, 0) is 31.5 Å². The Bertz CT molecular complexity index is 664. The van der Waals surface area contributed by atoms with Gasteiger partial charge in [0.1, 0.15) is 5.60 Å². The van der Waals surface area contributed by atoms with Gasteiger partial charge in [0.15, 0.2) is 0 Å². The van der Waals surface area contributed by atoms with Gasteiger partial charge in [-0.15, -0.1) is 0 Å². The number of carbonyl (C=O) groups is 1. The van der Waals surface area contributed by atoms with E-state index in [9.17, 15) is 14.7 Å². The molecule has 3 N–H and O–H groups in total. The summed E-state index contributed by atoms with van der Waals surface area (Å²) in [6.45, 7) is 3.28. The maximum atomic E-state index is 11.8. The fourth-order valence-electron chi connectivity index (χ4n) is 1.99. The lowest BCUT2D eigenvalue weighted by atomic mass is 10.1. The molecule has 6 nitrogen and oxygen atoms in total. The van der Waals surface area contributed by atoms with Crippen molar-refractivity contribution < 1.29 is 9.90 Å². The first-order valence-corrected chi connectivity index (χ1v) is 5.96. The van der Waals surface area contributed by atoms with Gasteiger partial charge in [-0.2, -0.15) is 0 Å². The molecule has 0 aliphatic heterocycles. The fourth-order valence-corrected chi connectivity index (χ4v) is 1.99. The number of aromatic nitrogens is 2. The van der Waals surface area contributed by atoms with E-state index in [2.05, 4.69) is 9.97 Å². The second kappa shape index (κ2) is 4.55. The molecular formula is C13H17N3O3. The second-order valence-corrected chi connectivity index (χ2v) is 5.18. The van der Waals surface area contributed by atoms with Crippen LogP contribution in [-0.2, 0) is 11.3 Å². The Hall–Kier alpha value is -2.08. The van der Waals surface area contributed by atoms with Gasteiger partial charge in [0.2, 0.25) is 0 Å². The quantitative estimate of drug-likeness (QED) is 0.757. The summed E-state index contributed by atoms with van der Waals surface area (Å²) in [5, 5.41) is 9.67. The molecule has 0 aliphatic carbocycles. The van der Waals surface area contributed by atoms with Gasteiger partial charge in [0, 0.05) is 13.6 Å². The molecule has 0 saturated carbocycles. The summed E-state index contributed by atoms with van der Waals surface area (Å²) < 4.78 is 0. The van der Waals surface area contributed by atoms with Crippen LogP contribution in [0.15, 0.2) is 23.0 Å². The fraction of sp³-hybridized carbons (Fsp3) is 0.385. The summed E-state index contributed by atoms with van der Waals surface area (Å²) in [7, 11) is 1.63. The lowest BCUT2D eigenvalue weighted by Crippen LogP contribution is -2.42. The van der Waals surface area contributed by atoms with E-state index in [0.29, 0.717) is 12.1 Å². The Kier molecular flexibility index (Phi) is 3.20. The van der Waals surface area contributed by atoms with Crippen molar-refractivity contribution in [3.8, 4) is 0 Å². The molecule has 0 unspecified atom stereocenters. The first kappa shape index (κ1) is 13.4. The van der Waals surface area contributed by atoms with E-state index in [1.165, 1.54) is 18.7 Å². The van der Waals surface area contributed by atoms with Crippen molar-refractivity contribution in [3.63, 3.8) is 0 Å². The molecule has 0 atom stereocenters. The lowest BCUT2D eigenvalue weighted by Gasteiger charge is -2.25. The van der Waals surface area contributed by atoms with Crippen molar-refractivity contribution in [2.75, 3.05) is 7.05 Å². The monoisotopic (exact) mass is 263 g/mol. The highest BCUT2D eigenvalue weighted by Gasteiger charge is 2.27. The van der Waals surface area contributed by atoms with Crippen molar-refractivity contribution in [1.82, 2.24) is 14.9 Å². The highest BCUT2D eigenvalue weighted by molar-refractivity contribution is 5.84. The van der Waals surface area contributed by atoms with Crippen LogP contribution >= 0.6 is 0 Å². The van der Waals surface area contributed by atoms with Crippen LogP contribution in [0.25, 0.3) is 11.0 Å². The third kappa shape index (κ3) is 2.85. The van der Waals surface area contributed by atoms with Gasteiger partial charge in [-0.1, -0.05) is 6.07 Å². The first-order valence-electron chi connectivity index (χ1n) is 5.96. The van der Waals surface area contributed by atoms with Crippen LogP contribution in [-0.4, -0.2) is 38.5 Å². The van der Waals surface area contributed by atoms with Gasteiger partial charge < -0.3 is 20.0 Å². The van der Waals surface area contributed by atoms with Crippen LogP contribution < -0.4 is 5.69 Å². The number of benzene rings is 1. The van der Waals surface area contributed by atoms with Crippen molar-refractivity contribution in [2.24, 2.45) is 0 Å².